The molecular formula is C25H27FN10O. The minimum atomic E-state index is -0.589. The monoisotopic (exact) mass is 502 g/mol. The highest BCUT2D eigenvalue weighted by atomic mass is 19.1. The van der Waals surface area contributed by atoms with Gasteiger partial charge in [0.1, 0.15) is 41.5 Å². The molecule has 0 spiro atoms. The number of aryl methyl sites for hydroxylation is 1. The molecule has 0 aliphatic carbocycles. The van der Waals surface area contributed by atoms with Crippen molar-refractivity contribution in [2.75, 3.05) is 23.7 Å². The highest BCUT2D eigenvalue weighted by Gasteiger charge is 2.26. The Bertz CT molecular complexity index is 1610. The fraction of sp³-hybridized carbons (Fsp3) is 0.320. The van der Waals surface area contributed by atoms with E-state index in [0.717, 1.165) is 36.1 Å². The number of nitrogens with two attached hydrogens (primary N) is 1. The molecule has 2 atom stereocenters. The fourth-order valence-electron chi connectivity index (χ4n) is 5.18. The van der Waals surface area contributed by atoms with Crippen molar-refractivity contribution >= 4 is 28.2 Å². The Hall–Kier alpha value is -4.32. The number of anilines is 2. The number of phenols is 1. The van der Waals surface area contributed by atoms with Crippen molar-refractivity contribution in [2.24, 2.45) is 0 Å². The van der Waals surface area contributed by atoms with Crippen LogP contribution in [0.25, 0.3) is 27.8 Å². The van der Waals surface area contributed by atoms with Crippen molar-refractivity contribution in [3.05, 3.63) is 54.0 Å². The maximum atomic E-state index is 14.1. The van der Waals surface area contributed by atoms with Crippen LogP contribution in [0.1, 0.15) is 25.2 Å². The Morgan fingerprint density at radius 1 is 1.14 bits per heavy atom. The molecule has 0 amide bonds. The topological polar surface area (TPSA) is 135 Å². The van der Waals surface area contributed by atoms with Crippen LogP contribution in [-0.4, -0.2) is 64.6 Å². The summed E-state index contributed by atoms with van der Waals surface area (Å²) in [6.07, 6.45) is 3.29. The fourth-order valence-corrected chi connectivity index (χ4v) is 5.18. The van der Waals surface area contributed by atoms with Crippen LogP contribution in [-0.2, 0) is 6.54 Å². The first-order chi connectivity index (χ1) is 17.8. The molecule has 11 nitrogen and oxygen atoms in total. The number of benzene rings is 1. The summed E-state index contributed by atoms with van der Waals surface area (Å²) in [6.45, 7) is 8.23. The van der Waals surface area contributed by atoms with Gasteiger partial charge in [0, 0.05) is 43.0 Å². The third-order valence-electron chi connectivity index (χ3n) is 6.60. The van der Waals surface area contributed by atoms with Crippen LogP contribution in [0.15, 0.2) is 36.8 Å². The van der Waals surface area contributed by atoms with E-state index in [1.54, 1.807) is 4.68 Å². The third-order valence-corrected chi connectivity index (χ3v) is 6.60. The lowest BCUT2D eigenvalue weighted by Gasteiger charge is -2.37. The van der Waals surface area contributed by atoms with Crippen LogP contribution >= 0.6 is 0 Å². The van der Waals surface area contributed by atoms with Gasteiger partial charge in [0.2, 0.25) is 0 Å². The number of aromatic hydroxyl groups is 1. The van der Waals surface area contributed by atoms with Gasteiger partial charge in [0.15, 0.2) is 17.3 Å². The van der Waals surface area contributed by atoms with E-state index < -0.39 is 5.82 Å². The number of halogens is 1. The Morgan fingerprint density at radius 3 is 2.68 bits per heavy atom. The number of rotatable bonds is 4. The molecule has 5 heterocycles. The predicted molar refractivity (Wildman–Crippen MR) is 138 cm³/mol. The Morgan fingerprint density at radius 2 is 1.92 bits per heavy atom. The SMILES string of the molecule is Cc1ccn2nc(Cn3nc(-c4cc(O)cc(F)c4)c4c(N)ncnc43)nc(N3C[C@@H](C)N[C@@H](C)C3)c12. The summed E-state index contributed by atoms with van der Waals surface area (Å²) in [5, 5.41) is 23.4. The molecule has 4 N–H and O–H groups in total. The van der Waals surface area contributed by atoms with Gasteiger partial charge in [-0.2, -0.15) is 10.2 Å². The molecule has 1 aliphatic rings. The average molecular weight is 503 g/mol. The molecule has 12 heteroatoms. The zero-order valence-electron chi connectivity index (χ0n) is 20.7. The summed E-state index contributed by atoms with van der Waals surface area (Å²) in [4.78, 5) is 15.8. The highest BCUT2D eigenvalue weighted by molar-refractivity contribution is 5.98. The molecule has 1 saturated heterocycles. The Kier molecular flexibility index (Phi) is 5.41. The van der Waals surface area contributed by atoms with Crippen LogP contribution in [0.3, 0.4) is 0 Å². The maximum absolute atomic E-state index is 14.1. The van der Waals surface area contributed by atoms with E-state index >= 15 is 0 Å². The van der Waals surface area contributed by atoms with Gasteiger partial charge in [-0.25, -0.2) is 28.5 Å². The van der Waals surface area contributed by atoms with Crippen molar-refractivity contribution in [2.45, 2.75) is 39.4 Å². The summed E-state index contributed by atoms with van der Waals surface area (Å²) in [5.41, 5.74) is 9.45. The van der Waals surface area contributed by atoms with Gasteiger partial charge in [0.25, 0.3) is 0 Å². The van der Waals surface area contributed by atoms with Gasteiger partial charge < -0.3 is 21.1 Å². The first-order valence-electron chi connectivity index (χ1n) is 12.1. The first-order valence-corrected chi connectivity index (χ1v) is 12.1. The van der Waals surface area contributed by atoms with Crippen molar-refractivity contribution < 1.29 is 9.50 Å². The van der Waals surface area contributed by atoms with Gasteiger partial charge in [-0.15, -0.1) is 0 Å². The van der Waals surface area contributed by atoms with E-state index in [-0.39, 0.29) is 18.1 Å². The van der Waals surface area contributed by atoms with Crippen LogP contribution in [0.5, 0.6) is 5.75 Å². The molecule has 0 bridgehead atoms. The molecule has 6 rings (SSSR count). The van der Waals surface area contributed by atoms with Crippen molar-refractivity contribution in [1.29, 1.82) is 0 Å². The molecule has 0 saturated carbocycles. The number of hydrogen-bond donors (Lipinski definition) is 3. The zero-order chi connectivity index (χ0) is 25.8. The van der Waals surface area contributed by atoms with Crippen LogP contribution in [0, 0.1) is 12.7 Å². The van der Waals surface area contributed by atoms with E-state index in [0.29, 0.717) is 40.2 Å². The summed E-state index contributed by atoms with van der Waals surface area (Å²) < 4.78 is 17.6. The summed E-state index contributed by atoms with van der Waals surface area (Å²) in [7, 11) is 0. The van der Waals surface area contributed by atoms with Crippen LogP contribution < -0.4 is 16.0 Å². The molecule has 5 aromatic rings. The molecule has 190 valence electrons. The lowest BCUT2D eigenvalue weighted by molar-refractivity contribution is 0.405. The van der Waals surface area contributed by atoms with Gasteiger partial charge in [-0.3, -0.25) is 0 Å². The molecule has 0 unspecified atom stereocenters. The van der Waals surface area contributed by atoms with Crippen molar-refractivity contribution in [1.82, 2.24) is 39.7 Å². The van der Waals surface area contributed by atoms with Gasteiger partial charge in [0.05, 0.1) is 5.39 Å². The largest absolute Gasteiger partial charge is 0.508 e. The van der Waals surface area contributed by atoms with Crippen LogP contribution in [0.2, 0.25) is 0 Å². The summed E-state index contributed by atoms with van der Waals surface area (Å²) in [5.74, 6) is 0.806. The molecule has 1 fully saturated rings. The second-order valence-electron chi connectivity index (χ2n) is 9.68. The number of nitrogens with one attached hydrogen (secondary N) is 1. The van der Waals surface area contributed by atoms with E-state index in [1.165, 1.54) is 18.5 Å². The maximum Gasteiger partial charge on any atom is 0.173 e. The summed E-state index contributed by atoms with van der Waals surface area (Å²) in [6, 6.07) is 6.41. The third kappa shape index (κ3) is 4.08. The number of piperazine rings is 1. The lowest BCUT2D eigenvalue weighted by atomic mass is 10.1. The molecular weight excluding hydrogens is 475 g/mol. The molecule has 37 heavy (non-hydrogen) atoms. The van der Waals surface area contributed by atoms with E-state index in [1.807, 2.05) is 16.8 Å². The number of nitrogen functional groups attached to an aromatic ring is 1. The molecule has 0 radical (unpaired) electrons. The van der Waals surface area contributed by atoms with Gasteiger partial charge >= 0.3 is 0 Å². The molecule has 1 aromatic carbocycles. The number of hydrogen-bond acceptors (Lipinski definition) is 9. The van der Waals surface area contributed by atoms with Crippen LogP contribution in [0.4, 0.5) is 16.0 Å². The first kappa shape index (κ1) is 23.1. The number of phenolic OH excluding ortho intramolecular Hbond substituents is 1. The van der Waals surface area contributed by atoms with Gasteiger partial charge in [-0.1, -0.05) is 0 Å². The smallest absolute Gasteiger partial charge is 0.173 e. The number of aromatic nitrogens is 7. The highest BCUT2D eigenvalue weighted by Crippen LogP contribution is 2.33. The van der Waals surface area contributed by atoms with E-state index in [9.17, 15) is 9.50 Å². The molecule has 1 aliphatic heterocycles. The van der Waals surface area contributed by atoms with Gasteiger partial charge in [-0.05, 0) is 44.5 Å². The standard InChI is InChI=1S/C25H27FN10O/c1-13-4-5-35-22(13)25(34-9-14(2)30-15(3)10-34)31-19(32-35)11-36-24-20(23(27)28-12-29-24)21(33-36)16-6-17(26)8-18(37)7-16/h4-8,12,14-15,30,37H,9-11H2,1-3H3,(H2,27,28,29)/t14-,15+. The quantitative estimate of drug-likeness (QED) is 0.339. The van der Waals surface area contributed by atoms with Crippen molar-refractivity contribution in [3.63, 3.8) is 0 Å². The van der Waals surface area contributed by atoms with E-state index in [2.05, 4.69) is 41.0 Å². The average Bonchev–Trinajstić information content (AvgIpc) is 3.39. The minimum Gasteiger partial charge on any atom is -0.508 e. The molecule has 4 aromatic heterocycles. The Labute approximate surface area is 211 Å². The Balaban J connectivity index is 1.48. The minimum absolute atomic E-state index is 0.200. The number of nitrogens with zero attached hydrogens (tertiary/aromatic N) is 8. The zero-order valence-corrected chi connectivity index (χ0v) is 20.7. The normalized spacial score (nSPS) is 18.2. The lowest BCUT2D eigenvalue weighted by Crippen LogP contribution is -2.54. The van der Waals surface area contributed by atoms with Crippen molar-refractivity contribution in [3.8, 4) is 17.0 Å². The second kappa shape index (κ2) is 8.66. The second-order valence-corrected chi connectivity index (χ2v) is 9.68. The summed E-state index contributed by atoms with van der Waals surface area (Å²) >= 11 is 0. The predicted octanol–water partition coefficient (Wildman–Crippen LogP) is 2.51. The number of fused-ring (bicyclic) bond motifs is 2. The van der Waals surface area contributed by atoms with E-state index in [4.69, 9.17) is 20.9 Å².